The number of hydrogen-bond acceptors (Lipinski definition) is 3. The number of fused-ring (bicyclic) bond motifs is 4. The Hall–Kier alpha value is -1.55. The number of thioether (sulfide) groups is 1. The summed E-state index contributed by atoms with van der Waals surface area (Å²) in [5, 5.41) is 0.837. The summed E-state index contributed by atoms with van der Waals surface area (Å²) in [5.74, 6) is 0.922. The fraction of sp³-hybridized carbons (Fsp3) is 0.500. The zero-order chi connectivity index (χ0) is 16.7. The molecule has 0 amide bonds. The van der Waals surface area contributed by atoms with Crippen LogP contribution in [-0.4, -0.2) is 15.3 Å². The molecule has 4 heteroatoms. The fourth-order valence-electron chi connectivity index (χ4n) is 4.53. The number of benzene rings is 1. The molecule has 24 heavy (non-hydrogen) atoms. The van der Waals surface area contributed by atoms with E-state index in [1.807, 2.05) is 7.05 Å². The largest absolute Gasteiger partial charge is 0.290 e. The first-order valence-corrected chi connectivity index (χ1v) is 9.97. The van der Waals surface area contributed by atoms with Crippen LogP contribution < -0.4 is 5.56 Å². The molecule has 4 rings (SSSR count). The lowest BCUT2D eigenvalue weighted by molar-refractivity contribution is 0.283. The topological polar surface area (TPSA) is 34.9 Å². The van der Waals surface area contributed by atoms with Crippen molar-refractivity contribution in [3.05, 3.63) is 45.7 Å². The molecule has 0 radical (unpaired) electrons. The zero-order valence-electron chi connectivity index (χ0n) is 14.5. The van der Waals surface area contributed by atoms with Gasteiger partial charge in [0.05, 0.1) is 11.3 Å². The highest BCUT2D eigenvalue weighted by Crippen LogP contribution is 2.48. The number of aromatic nitrogens is 2. The highest BCUT2D eigenvalue weighted by molar-refractivity contribution is 7.99. The monoisotopic (exact) mass is 340 g/mol. The maximum atomic E-state index is 13.3. The Kier molecular flexibility index (Phi) is 4.03. The van der Waals surface area contributed by atoms with Crippen molar-refractivity contribution in [2.24, 2.45) is 7.05 Å². The number of rotatable bonds is 2. The van der Waals surface area contributed by atoms with Gasteiger partial charge in [-0.2, -0.15) is 0 Å². The van der Waals surface area contributed by atoms with E-state index in [1.54, 1.807) is 16.3 Å². The predicted molar refractivity (Wildman–Crippen MR) is 99.8 cm³/mol. The van der Waals surface area contributed by atoms with E-state index in [2.05, 4.69) is 31.2 Å². The van der Waals surface area contributed by atoms with Gasteiger partial charge in [-0.15, -0.1) is 0 Å². The van der Waals surface area contributed by atoms with Crippen molar-refractivity contribution in [1.82, 2.24) is 9.55 Å². The Morgan fingerprint density at radius 3 is 2.71 bits per heavy atom. The molecule has 1 aromatic carbocycles. The molecule has 1 fully saturated rings. The van der Waals surface area contributed by atoms with Crippen molar-refractivity contribution >= 4 is 11.8 Å². The molecule has 126 valence electrons. The molecule has 0 bridgehead atoms. The first-order valence-electron chi connectivity index (χ1n) is 8.99. The summed E-state index contributed by atoms with van der Waals surface area (Å²) < 4.78 is 1.78. The Labute approximate surface area is 147 Å². The van der Waals surface area contributed by atoms with E-state index in [1.165, 1.54) is 30.4 Å². The first kappa shape index (κ1) is 15.9. The standard InChI is InChI=1S/C20H24N2OS/c1-3-24-19-21-17-15-10-6-5-9-14(15)13-20(11-7-4-8-12-20)16(17)18(23)22(19)2/h5-6,9-10H,3-4,7-8,11-13H2,1-2H3. The van der Waals surface area contributed by atoms with Crippen LogP contribution in [0, 0.1) is 0 Å². The third-order valence-corrected chi connectivity index (χ3v) is 6.58. The summed E-state index contributed by atoms with van der Waals surface area (Å²) >= 11 is 1.65. The van der Waals surface area contributed by atoms with Crippen molar-refractivity contribution in [2.45, 2.75) is 56.0 Å². The van der Waals surface area contributed by atoms with Gasteiger partial charge in [-0.1, -0.05) is 62.2 Å². The third kappa shape index (κ3) is 2.34. The molecular formula is C20H24N2OS. The van der Waals surface area contributed by atoms with Crippen LogP contribution in [0.3, 0.4) is 0 Å². The quantitative estimate of drug-likeness (QED) is 0.603. The number of hydrogen-bond donors (Lipinski definition) is 0. The van der Waals surface area contributed by atoms with E-state index in [0.717, 1.165) is 41.4 Å². The average Bonchev–Trinajstić information content (AvgIpc) is 2.60. The number of nitrogens with zero attached hydrogens (tertiary/aromatic N) is 2. The van der Waals surface area contributed by atoms with Crippen LogP contribution in [0.2, 0.25) is 0 Å². The average molecular weight is 340 g/mol. The van der Waals surface area contributed by atoms with Gasteiger partial charge in [0, 0.05) is 18.0 Å². The summed E-state index contributed by atoms with van der Waals surface area (Å²) in [6.07, 6.45) is 6.95. The fourth-order valence-corrected chi connectivity index (χ4v) is 5.22. The van der Waals surface area contributed by atoms with Crippen molar-refractivity contribution in [1.29, 1.82) is 0 Å². The lowest BCUT2D eigenvalue weighted by Crippen LogP contribution is -2.42. The minimum atomic E-state index is -0.000802. The van der Waals surface area contributed by atoms with Crippen molar-refractivity contribution in [3.8, 4) is 11.3 Å². The molecule has 2 aromatic rings. The zero-order valence-corrected chi connectivity index (χ0v) is 15.3. The van der Waals surface area contributed by atoms with Crippen LogP contribution in [0.5, 0.6) is 0 Å². The molecule has 2 aliphatic rings. The van der Waals surface area contributed by atoms with Gasteiger partial charge >= 0.3 is 0 Å². The Morgan fingerprint density at radius 1 is 1.21 bits per heavy atom. The van der Waals surface area contributed by atoms with E-state index >= 15 is 0 Å². The van der Waals surface area contributed by atoms with Crippen LogP contribution in [0.1, 0.15) is 50.2 Å². The molecule has 2 aliphatic carbocycles. The molecule has 0 unspecified atom stereocenters. The molecule has 0 aliphatic heterocycles. The molecular weight excluding hydrogens is 316 g/mol. The second-order valence-electron chi connectivity index (χ2n) is 7.09. The molecule has 1 saturated carbocycles. The third-order valence-electron chi connectivity index (χ3n) is 5.67. The molecule has 1 aromatic heterocycles. The maximum Gasteiger partial charge on any atom is 0.258 e. The van der Waals surface area contributed by atoms with Crippen LogP contribution >= 0.6 is 11.8 Å². The molecule has 0 N–H and O–H groups in total. The van der Waals surface area contributed by atoms with Gasteiger partial charge < -0.3 is 0 Å². The van der Waals surface area contributed by atoms with Crippen LogP contribution in [0.15, 0.2) is 34.2 Å². The Bertz CT molecular complexity index is 834. The van der Waals surface area contributed by atoms with Gasteiger partial charge in [-0.3, -0.25) is 9.36 Å². The lowest BCUT2D eigenvalue weighted by Gasteiger charge is -2.42. The molecule has 3 nitrogen and oxygen atoms in total. The van der Waals surface area contributed by atoms with Gasteiger partial charge in [0.25, 0.3) is 5.56 Å². The van der Waals surface area contributed by atoms with Gasteiger partial charge in [-0.05, 0) is 30.6 Å². The van der Waals surface area contributed by atoms with Gasteiger partial charge in [0.1, 0.15) is 0 Å². The summed E-state index contributed by atoms with van der Waals surface area (Å²) in [4.78, 5) is 18.3. The highest BCUT2D eigenvalue weighted by Gasteiger charge is 2.43. The van der Waals surface area contributed by atoms with Gasteiger partial charge in [-0.25, -0.2) is 4.98 Å². The summed E-state index contributed by atoms with van der Waals surface area (Å²) in [7, 11) is 1.88. The molecule has 0 atom stereocenters. The van der Waals surface area contributed by atoms with Gasteiger partial charge in [0.2, 0.25) is 0 Å². The SMILES string of the molecule is CCSc1nc2c(c(=O)n1C)C1(CCCCC1)Cc1ccccc1-2. The molecule has 1 heterocycles. The summed E-state index contributed by atoms with van der Waals surface area (Å²) in [6.45, 7) is 2.10. The second kappa shape index (κ2) is 6.07. The van der Waals surface area contributed by atoms with Crippen LogP contribution in [0.4, 0.5) is 0 Å². The minimum absolute atomic E-state index is 0.000802. The van der Waals surface area contributed by atoms with Crippen molar-refractivity contribution < 1.29 is 0 Å². The smallest absolute Gasteiger partial charge is 0.258 e. The highest BCUT2D eigenvalue weighted by atomic mass is 32.2. The predicted octanol–water partition coefficient (Wildman–Crippen LogP) is 4.32. The van der Waals surface area contributed by atoms with E-state index in [-0.39, 0.29) is 11.0 Å². The van der Waals surface area contributed by atoms with Crippen LogP contribution in [-0.2, 0) is 18.9 Å². The van der Waals surface area contributed by atoms with E-state index in [4.69, 9.17) is 4.98 Å². The Morgan fingerprint density at radius 2 is 1.96 bits per heavy atom. The lowest BCUT2D eigenvalue weighted by atomic mass is 9.62. The molecule has 0 saturated heterocycles. The first-order chi connectivity index (χ1) is 11.7. The summed E-state index contributed by atoms with van der Waals surface area (Å²) in [6, 6.07) is 8.54. The maximum absolute atomic E-state index is 13.3. The van der Waals surface area contributed by atoms with Gasteiger partial charge in [0.15, 0.2) is 5.16 Å². The van der Waals surface area contributed by atoms with E-state index in [0.29, 0.717) is 0 Å². The van der Waals surface area contributed by atoms with Crippen molar-refractivity contribution in [2.75, 3.05) is 5.75 Å². The Balaban J connectivity index is 2.02. The normalized spacial score (nSPS) is 18.2. The van der Waals surface area contributed by atoms with Crippen molar-refractivity contribution in [3.63, 3.8) is 0 Å². The second-order valence-corrected chi connectivity index (χ2v) is 8.32. The van der Waals surface area contributed by atoms with E-state index in [9.17, 15) is 4.79 Å². The molecule has 1 spiro atoms. The summed E-state index contributed by atoms with van der Waals surface area (Å²) in [5.41, 5.74) is 4.65. The van der Waals surface area contributed by atoms with E-state index < -0.39 is 0 Å². The van der Waals surface area contributed by atoms with Crippen LogP contribution in [0.25, 0.3) is 11.3 Å². The minimum Gasteiger partial charge on any atom is -0.290 e.